The highest BCUT2D eigenvalue weighted by molar-refractivity contribution is 6.20. The number of imide groups is 4. The van der Waals surface area contributed by atoms with Crippen LogP contribution < -0.4 is 35.5 Å². The molecule has 18 nitrogen and oxygen atoms in total. The van der Waals surface area contributed by atoms with Crippen molar-refractivity contribution in [2.24, 2.45) is 34.5 Å². The molecule has 0 radical (unpaired) electrons. The second-order valence-electron chi connectivity index (χ2n) is 22.9. The smallest absolute Gasteiger partial charge is 0.328 e. The Bertz CT molecular complexity index is 2720. The van der Waals surface area contributed by atoms with Crippen molar-refractivity contribution in [2.45, 2.75) is 153 Å². The Morgan fingerprint density at radius 3 is 1.87 bits per heavy atom. The lowest BCUT2D eigenvalue weighted by Crippen LogP contribution is -2.65. The molecule has 18 heteroatoms. The number of barbiturate groups is 2. The molecule has 2 aromatic carbocycles. The number of rotatable bonds is 10. The van der Waals surface area contributed by atoms with E-state index in [0.29, 0.717) is 42.5 Å². The number of nitrogens with zero attached hydrogens (tertiary/aromatic N) is 2. The second kappa shape index (κ2) is 20.7. The summed E-state index contributed by atoms with van der Waals surface area (Å²) in [6.45, 7) is 15.2. The molecule has 10 aliphatic rings. The molecule has 12 rings (SSSR count). The van der Waals surface area contributed by atoms with Crippen LogP contribution in [0.1, 0.15) is 121 Å². The summed E-state index contributed by atoms with van der Waals surface area (Å²) in [6, 6.07) is 7.49. The maximum atomic E-state index is 12.6. The van der Waals surface area contributed by atoms with E-state index >= 15 is 0 Å². The number of phenols is 1. The number of urea groups is 2. The molecule has 2 unspecified atom stereocenters. The van der Waals surface area contributed by atoms with Gasteiger partial charge in [0, 0.05) is 46.4 Å². The van der Waals surface area contributed by atoms with E-state index in [-0.39, 0.29) is 52.8 Å². The normalized spacial score (nSPS) is 32.0. The number of hydrogen-bond donors (Lipinski definition) is 6. The summed E-state index contributed by atoms with van der Waals surface area (Å²) in [5.41, 5.74) is 2.57. The van der Waals surface area contributed by atoms with Crippen LogP contribution in [-0.4, -0.2) is 126 Å². The summed E-state index contributed by atoms with van der Waals surface area (Å²) in [5.74, 6) is 1.46. The number of aliphatic hydroxyl groups is 1. The minimum absolute atomic E-state index is 0.0735. The van der Waals surface area contributed by atoms with Crippen molar-refractivity contribution in [2.75, 3.05) is 34.3 Å². The number of ether oxygens (including phenoxy) is 3. The fourth-order valence-corrected chi connectivity index (χ4v) is 15.6. The maximum absolute atomic E-state index is 12.6. The Morgan fingerprint density at radius 1 is 0.750 bits per heavy atom. The van der Waals surface area contributed by atoms with Gasteiger partial charge >= 0.3 is 12.1 Å². The van der Waals surface area contributed by atoms with E-state index in [0.717, 1.165) is 82.4 Å². The number of piperidine rings is 2. The monoisotopic (exact) mass is 1050 g/mol. The molecular weight excluding hydrogens is 973 g/mol. The Labute approximate surface area is 445 Å². The van der Waals surface area contributed by atoms with E-state index in [4.69, 9.17) is 14.2 Å². The number of likely N-dealkylation sites (N-methyl/N-ethyl adjacent to an activating group) is 2. The van der Waals surface area contributed by atoms with Crippen molar-refractivity contribution in [3.05, 3.63) is 71.3 Å². The van der Waals surface area contributed by atoms with Crippen molar-refractivity contribution in [1.29, 1.82) is 0 Å². The number of methoxy groups -OCH3 is 1. The number of benzene rings is 2. The average molecular weight is 1050 g/mol. The number of carbonyl (C=O) groups is 7. The molecule has 410 valence electrons. The summed E-state index contributed by atoms with van der Waals surface area (Å²) >= 11 is 0. The van der Waals surface area contributed by atoms with Gasteiger partial charge < -0.3 is 34.2 Å². The highest BCUT2D eigenvalue weighted by Crippen LogP contribution is 2.64. The third kappa shape index (κ3) is 8.16. The number of amides is 8. The number of ketones is 1. The standard InChI is InChI=1S/C18H21NO3.C17H19NO3.C12H18N2O3.C11H18N2O3/c1-19-8-7-18-11-4-5-13(20)17(18)22-16-14(21-2)6-3-10(15(16)18)9-12(11)19;1-18-7-6-17-10-3-5-13(20)16(17)21-15-12(19)4-2-9(14(15)17)8-11(10)18;1-4-6-8(3)12(7-5-2)9(15)13-11(17)14-10(12)16;1-4-6-7(3)11(5-2)8(14)12-10(16)13-9(11)15/h3,6,11-12,17H,4-5,7-9H2,1-2H3;2-5,10-11,13,16,19-20H,6-8H2,1H3;5,8H,2,4,6-7H2,1,3H3,(H2,13,14,15,16,17);7H,4-6H2,1-3H3,(H2,12,13,14,15,16)/t11-,12+,17-,18-;10-,11+,13-,16-,17-;;/m00../s1. The molecule has 0 aromatic heterocycles. The van der Waals surface area contributed by atoms with Gasteiger partial charge in [-0.25, -0.2) is 9.59 Å². The van der Waals surface area contributed by atoms with Crippen LogP contribution >= 0.6 is 0 Å². The zero-order valence-corrected chi connectivity index (χ0v) is 45.2. The number of nitrogens with one attached hydrogen (secondary N) is 4. The van der Waals surface area contributed by atoms with Gasteiger partial charge in [-0.3, -0.25) is 45.2 Å². The van der Waals surface area contributed by atoms with Crippen LogP contribution in [-0.2, 0) is 47.6 Å². The minimum atomic E-state index is -1.20. The summed E-state index contributed by atoms with van der Waals surface area (Å²) < 4.78 is 17.9. The van der Waals surface area contributed by atoms with Crippen molar-refractivity contribution < 1.29 is 58.0 Å². The molecule has 2 aromatic rings. The highest BCUT2D eigenvalue weighted by Gasteiger charge is 2.67. The lowest BCUT2D eigenvalue weighted by Gasteiger charge is -2.57. The quantitative estimate of drug-likeness (QED) is 0.124. The van der Waals surface area contributed by atoms with Crippen molar-refractivity contribution >= 4 is 41.5 Å². The van der Waals surface area contributed by atoms with Gasteiger partial charge in [-0.2, -0.15) is 0 Å². The third-order valence-corrected chi connectivity index (χ3v) is 19.4. The number of allylic oxidation sites excluding steroid dienone is 1. The Kier molecular flexibility index (Phi) is 14.9. The molecule has 4 bridgehead atoms. The van der Waals surface area contributed by atoms with E-state index < -0.39 is 52.6 Å². The van der Waals surface area contributed by atoms with Gasteiger partial charge in [-0.1, -0.05) is 77.8 Å². The van der Waals surface area contributed by atoms with Gasteiger partial charge in [-0.15, -0.1) is 6.58 Å². The highest BCUT2D eigenvalue weighted by atomic mass is 16.5. The predicted molar refractivity (Wildman–Crippen MR) is 281 cm³/mol. The van der Waals surface area contributed by atoms with Crippen LogP contribution in [0.5, 0.6) is 23.0 Å². The zero-order valence-electron chi connectivity index (χ0n) is 45.2. The topological polar surface area (TPSA) is 242 Å². The molecule has 8 amide bonds. The molecule has 11 atom stereocenters. The van der Waals surface area contributed by atoms with Crippen LogP contribution in [0, 0.1) is 34.5 Å². The summed E-state index contributed by atoms with van der Waals surface area (Å²) in [4.78, 5) is 87.4. The predicted octanol–water partition coefficient (Wildman–Crippen LogP) is 5.67. The van der Waals surface area contributed by atoms with E-state index in [9.17, 15) is 43.8 Å². The zero-order chi connectivity index (χ0) is 54.8. The second-order valence-corrected chi connectivity index (χ2v) is 22.9. The van der Waals surface area contributed by atoms with E-state index in [1.807, 2.05) is 45.9 Å². The number of hydrogen-bond acceptors (Lipinski definition) is 14. The Hall–Kier alpha value is -6.11. The van der Waals surface area contributed by atoms with Crippen molar-refractivity contribution in [1.82, 2.24) is 31.1 Å². The van der Waals surface area contributed by atoms with Gasteiger partial charge in [0.2, 0.25) is 23.6 Å². The molecule has 2 spiro atoms. The molecule has 1 saturated carbocycles. The molecule has 4 saturated heterocycles. The van der Waals surface area contributed by atoms with Crippen LogP contribution in [0.2, 0.25) is 0 Å². The minimum Gasteiger partial charge on any atom is -0.504 e. The largest absolute Gasteiger partial charge is 0.504 e. The number of likely N-dealkylation sites (tertiary alicyclic amines) is 2. The summed E-state index contributed by atoms with van der Waals surface area (Å²) in [6.07, 6.45) is 14.1. The number of carbonyl (C=O) groups excluding carboxylic acids is 7. The molecule has 5 fully saturated rings. The van der Waals surface area contributed by atoms with Crippen LogP contribution in [0.25, 0.3) is 0 Å². The van der Waals surface area contributed by atoms with Crippen molar-refractivity contribution in [3.63, 3.8) is 0 Å². The fraction of sp³-hybridized carbons (Fsp3) is 0.603. The summed E-state index contributed by atoms with van der Waals surface area (Å²) in [5, 5.41) is 29.3. The Balaban J connectivity index is 0.000000125. The molecule has 76 heavy (non-hydrogen) atoms. The average Bonchev–Trinajstić information content (AvgIpc) is 4.03. The first-order chi connectivity index (χ1) is 36.3. The molecule has 6 N–H and O–H groups in total. The maximum Gasteiger partial charge on any atom is 0.328 e. The lowest BCUT2D eigenvalue weighted by molar-refractivity contribution is -0.150. The number of Topliss-reactive ketones (excluding diaryl/α,β-unsaturated/α-hetero) is 1. The number of aromatic hydroxyl groups is 1. The number of aliphatic hydroxyl groups excluding tert-OH is 1. The van der Waals surface area contributed by atoms with Gasteiger partial charge in [0.15, 0.2) is 34.9 Å². The molecular formula is C58H76N6O12. The SMILES string of the molecule is C=CCC1(C(C)CCC)C(=O)NC(=O)NC1=O.CCCC(C)C1(CC)C(=O)NC(=O)NC1=O.CN1CC[C@]23c4c5ccc(O)c4O[C@H]2[C@@H](O)C=C[C@H]3[C@H]1C5.COc1ccc2c3c1O[C@H]1C(=O)CC[C@H]4[C@@H](C2)N(C)CC[C@]314. The fourth-order valence-electron chi connectivity index (χ4n) is 15.6. The first kappa shape index (κ1) is 54.7. The van der Waals surface area contributed by atoms with Gasteiger partial charge in [0.25, 0.3) is 0 Å². The third-order valence-electron chi connectivity index (χ3n) is 19.4. The lowest BCUT2D eigenvalue weighted by atomic mass is 9.52. The van der Waals surface area contributed by atoms with E-state index in [2.05, 4.69) is 63.9 Å². The van der Waals surface area contributed by atoms with Gasteiger partial charge in [0.05, 0.1) is 7.11 Å². The molecule has 4 aliphatic carbocycles. The summed E-state index contributed by atoms with van der Waals surface area (Å²) in [7, 11) is 6.10. The van der Waals surface area contributed by atoms with Crippen LogP contribution in [0.15, 0.2) is 49.1 Å². The molecule has 6 heterocycles. The molecule has 6 aliphatic heterocycles. The Morgan fingerprint density at radius 2 is 1.29 bits per heavy atom. The number of phenolic OH excluding ortho intramolecular Hbond substituents is 1. The van der Waals surface area contributed by atoms with Gasteiger partial charge in [-0.05, 0) is 126 Å². The van der Waals surface area contributed by atoms with Crippen molar-refractivity contribution in [3.8, 4) is 23.0 Å². The van der Waals surface area contributed by atoms with Crippen LogP contribution in [0.3, 0.4) is 0 Å². The first-order valence-electron chi connectivity index (χ1n) is 27.4. The van der Waals surface area contributed by atoms with Crippen LogP contribution in [0.4, 0.5) is 9.59 Å². The first-order valence-corrected chi connectivity index (χ1v) is 27.4. The van der Waals surface area contributed by atoms with E-state index in [1.165, 1.54) is 22.3 Å². The van der Waals surface area contributed by atoms with E-state index in [1.54, 1.807) is 26.2 Å². The van der Waals surface area contributed by atoms with Gasteiger partial charge in [0.1, 0.15) is 23.0 Å².